The van der Waals surface area contributed by atoms with E-state index in [0.29, 0.717) is 32.6 Å². The molecule has 0 fully saturated rings. The molecule has 0 aliphatic heterocycles. The van der Waals surface area contributed by atoms with Crippen LogP contribution < -0.4 is 14.9 Å². The van der Waals surface area contributed by atoms with Crippen molar-refractivity contribution in [2.75, 3.05) is 6.61 Å². The van der Waals surface area contributed by atoms with Crippen LogP contribution in [0.4, 0.5) is 4.39 Å². The molecule has 0 saturated heterocycles. The number of carbonyl (C=O) groups is 1. The molecule has 0 atom stereocenters. The number of furan rings is 1. The fourth-order valence-electron chi connectivity index (χ4n) is 3.14. The molecule has 0 bridgehead atoms. The number of carbonyl (C=O) groups excluding carboxylic acids is 1. The number of hydrogen-bond acceptors (Lipinski definition) is 5. The Labute approximate surface area is 212 Å². The first kappa shape index (κ1) is 24.0. The summed E-state index contributed by atoms with van der Waals surface area (Å²) in [6, 6.07) is 16.7. The molecule has 0 aliphatic rings. The van der Waals surface area contributed by atoms with Crippen molar-refractivity contribution in [3.63, 3.8) is 0 Å². The summed E-state index contributed by atoms with van der Waals surface area (Å²) < 4.78 is 31.4. The normalized spacial score (nSPS) is 11.2. The topological polar surface area (TPSA) is 73.1 Å². The van der Waals surface area contributed by atoms with Crippen molar-refractivity contribution >= 4 is 55.0 Å². The summed E-state index contributed by atoms with van der Waals surface area (Å²) in [5.41, 5.74) is 4.61. The SMILES string of the molecule is CCOc1ccc2oc(C(=O)N/N=C/c3cc(Br)c(OCc4ccc(F)cc4)c(Br)c3)cc2c1. The molecule has 174 valence electrons. The summed E-state index contributed by atoms with van der Waals surface area (Å²) in [7, 11) is 0. The molecule has 1 amide bonds. The number of ether oxygens (including phenoxy) is 2. The van der Waals surface area contributed by atoms with Gasteiger partial charge in [-0.15, -0.1) is 0 Å². The van der Waals surface area contributed by atoms with Crippen LogP contribution in [-0.2, 0) is 6.61 Å². The van der Waals surface area contributed by atoms with E-state index in [2.05, 4.69) is 42.4 Å². The monoisotopic (exact) mass is 588 g/mol. The highest BCUT2D eigenvalue weighted by molar-refractivity contribution is 9.11. The molecule has 0 radical (unpaired) electrons. The fraction of sp³-hybridized carbons (Fsp3) is 0.120. The zero-order valence-electron chi connectivity index (χ0n) is 18.0. The molecule has 1 aromatic heterocycles. The van der Waals surface area contributed by atoms with Crippen LogP contribution in [-0.4, -0.2) is 18.7 Å². The van der Waals surface area contributed by atoms with Crippen molar-refractivity contribution in [2.45, 2.75) is 13.5 Å². The third-order valence-electron chi connectivity index (χ3n) is 4.72. The highest BCUT2D eigenvalue weighted by Crippen LogP contribution is 2.35. The van der Waals surface area contributed by atoms with Gasteiger partial charge in [0.15, 0.2) is 5.76 Å². The second-order valence-corrected chi connectivity index (χ2v) is 8.88. The lowest BCUT2D eigenvalue weighted by Gasteiger charge is -2.11. The van der Waals surface area contributed by atoms with Gasteiger partial charge >= 0.3 is 5.91 Å². The molecular formula is C25H19Br2FN2O4. The summed E-state index contributed by atoms with van der Waals surface area (Å²) >= 11 is 6.98. The van der Waals surface area contributed by atoms with Gasteiger partial charge in [-0.2, -0.15) is 5.10 Å². The molecule has 1 heterocycles. The molecule has 0 unspecified atom stereocenters. The van der Waals surface area contributed by atoms with Crippen molar-refractivity contribution in [3.8, 4) is 11.5 Å². The van der Waals surface area contributed by atoms with Crippen LogP contribution in [0, 0.1) is 5.82 Å². The minimum absolute atomic E-state index is 0.146. The number of nitrogens with zero attached hydrogens (tertiary/aromatic N) is 1. The van der Waals surface area contributed by atoms with Gasteiger partial charge in [0.05, 0.1) is 21.8 Å². The molecular weight excluding hydrogens is 571 g/mol. The highest BCUT2D eigenvalue weighted by Gasteiger charge is 2.13. The molecule has 4 rings (SSSR count). The molecule has 34 heavy (non-hydrogen) atoms. The second kappa shape index (κ2) is 10.8. The zero-order chi connectivity index (χ0) is 24.1. The van der Waals surface area contributed by atoms with Crippen LogP contribution in [0.25, 0.3) is 11.0 Å². The number of nitrogens with one attached hydrogen (secondary N) is 1. The van der Waals surface area contributed by atoms with Crippen LogP contribution in [0.5, 0.6) is 11.5 Å². The molecule has 0 spiro atoms. The van der Waals surface area contributed by atoms with Gasteiger partial charge in [-0.1, -0.05) is 12.1 Å². The van der Waals surface area contributed by atoms with E-state index in [1.807, 2.05) is 13.0 Å². The number of hydrogen-bond donors (Lipinski definition) is 1. The Morgan fingerprint density at radius 2 is 1.79 bits per heavy atom. The summed E-state index contributed by atoms with van der Waals surface area (Å²) in [6.07, 6.45) is 1.51. The molecule has 0 saturated carbocycles. The van der Waals surface area contributed by atoms with Crippen molar-refractivity contribution in [1.82, 2.24) is 5.43 Å². The average Bonchev–Trinajstić information content (AvgIpc) is 3.23. The van der Waals surface area contributed by atoms with E-state index >= 15 is 0 Å². The van der Waals surface area contributed by atoms with E-state index in [9.17, 15) is 9.18 Å². The number of amides is 1. The first-order valence-corrected chi connectivity index (χ1v) is 11.9. The lowest BCUT2D eigenvalue weighted by molar-refractivity contribution is 0.0929. The molecule has 6 nitrogen and oxygen atoms in total. The molecule has 3 aromatic carbocycles. The van der Waals surface area contributed by atoms with Crippen LogP contribution in [0.1, 0.15) is 28.6 Å². The predicted octanol–water partition coefficient (Wildman–Crippen LogP) is 6.84. The first-order valence-electron chi connectivity index (χ1n) is 10.3. The van der Waals surface area contributed by atoms with E-state index in [0.717, 1.165) is 16.5 Å². The van der Waals surface area contributed by atoms with Gasteiger partial charge in [0.1, 0.15) is 29.5 Å². The summed E-state index contributed by atoms with van der Waals surface area (Å²) in [5.74, 6) is 0.689. The number of hydrazone groups is 1. The Bertz CT molecular complexity index is 1330. The lowest BCUT2D eigenvalue weighted by atomic mass is 10.2. The maximum Gasteiger partial charge on any atom is 0.307 e. The van der Waals surface area contributed by atoms with Crippen LogP contribution in [0.2, 0.25) is 0 Å². The number of fused-ring (bicyclic) bond motifs is 1. The van der Waals surface area contributed by atoms with E-state index < -0.39 is 5.91 Å². The fourth-order valence-corrected chi connectivity index (χ4v) is 4.59. The van der Waals surface area contributed by atoms with E-state index in [1.165, 1.54) is 18.3 Å². The number of halogens is 3. The standard InChI is InChI=1S/C25H19Br2FN2O4/c1-2-32-19-7-8-22-17(11-19)12-23(34-22)25(31)30-29-13-16-9-20(26)24(21(27)10-16)33-14-15-3-5-18(28)6-4-15/h3-13H,2,14H2,1H3,(H,30,31)/b29-13+. The van der Waals surface area contributed by atoms with Gasteiger partial charge in [-0.3, -0.25) is 4.79 Å². The van der Waals surface area contributed by atoms with Crippen molar-refractivity contribution in [3.05, 3.63) is 92.3 Å². The Hall–Kier alpha value is -3.17. The van der Waals surface area contributed by atoms with E-state index in [-0.39, 0.29) is 18.2 Å². The maximum atomic E-state index is 13.1. The molecule has 9 heteroatoms. The molecule has 4 aromatic rings. The van der Waals surface area contributed by atoms with Crippen molar-refractivity contribution < 1.29 is 23.1 Å². The Morgan fingerprint density at radius 1 is 1.06 bits per heavy atom. The maximum absolute atomic E-state index is 13.1. The van der Waals surface area contributed by atoms with Crippen LogP contribution in [0.3, 0.4) is 0 Å². The first-order chi connectivity index (χ1) is 16.4. The highest BCUT2D eigenvalue weighted by atomic mass is 79.9. The Morgan fingerprint density at radius 3 is 2.50 bits per heavy atom. The number of benzene rings is 3. The summed E-state index contributed by atoms with van der Waals surface area (Å²) in [4.78, 5) is 12.4. The predicted molar refractivity (Wildman–Crippen MR) is 135 cm³/mol. The van der Waals surface area contributed by atoms with E-state index in [4.69, 9.17) is 13.9 Å². The van der Waals surface area contributed by atoms with E-state index in [1.54, 1.807) is 42.5 Å². The third-order valence-corrected chi connectivity index (χ3v) is 5.90. The molecule has 1 N–H and O–H groups in total. The second-order valence-electron chi connectivity index (χ2n) is 7.17. The minimum atomic E-state index is -0.470. The minimum Gasteiger partial charge on any atom is -0.494 e. The largest absolute Gasteiger partial charge is 0.494 e. The van der Waals surface area contributed by atoms with Gasteiger partial charge in [0, 0.05) is 5.39 Å². The van der Waals surface area contributed by atoms with Crippen LogP contribution in [0.15, 0.2) is 79.1 Å². The smallest absolute Gasteiger partial charge is 0.307 e. The van der Waals surface area contributed by atoms with Crippen LogP contribution >= 0.6 is 31.9 Å². The average molecular weight is 590 g/mol. The number of rotatable bonds is 8. The third kappa shape index (κ3) is 5.84. The van der Waals surface area contributed by atoms with Gasteiger partial charge in [-0.05, 0) is 98.4 Å². The zero-order valence-corrected chi connectivity index (χ0v) is 21.2. The van der Waals surface area contributed by atoms with Crippen molar-refractivity contribution in [1.29, 1.82) is 0 Å². The van der Waals surface area contributed by atoms with Gasteiger partial charge in [0.2, 0.25) is 0 Å². The lowest BCUT2D eigenvalue weighted by Crippen LogP contribution is -2.16. The molecule has 0 aliphatic carbocycles. The summed E-state index contributed by atoms with van der Waals surface area (Å²) in [5, 5.41) is 4.79. The Kier molecular flexibility index (Phi) is 7.64. The van der Waals surface area contributed by atoms with Gasteiger partial charge < -0.3 is 13.9 Å². The summed E-state index contributed by atoms with van der Waals surface area (Å²) in [6.45, 7) is 2.74. The Balaban J connectivity index is 1.39. The quantitative estimate of drug-likeness (QED) is 0.180. The van der Waals surface area contributed by atoms with Gasteiger partial charge in [-0.25, -0.2) is 9.82 Å². The van der Waals surface area contributed by atoms with Gasteiger partial charge in [0.25, 0.3) is 0 Å². The van der Waals surface area contributed by atoms with Crippen molar-refractivity contribution in [2.24, 2.45) is 5.10 Å².